The van der Waals surface area contributed by atoms with Crippen molar-refractivity contribution in [3.05, 3.63) is 35.4 Å². The molecule has 8 heteroatoms. The van der Waals surface area contributed by atoms with Gasteiger partial charge in [0.25, 0.3) is 0 Å². The SMILES string of the molecule is C[C@@](NC(=O)C[C@H]1CCCO1)(C(N)=O)c1cccc(C(F)(F)F)c1. The standard InChI is InChI=1S/C16H19F3N2O3/c1-15(14(20)23,21-13(22)9-12-6-3-7-24-12)10-4-2-5-11(8-10)16(17,18)19/h2,4-5,8,12H,3,6-7,9H2,1H3,(H2,20,23)(H,21,22)/t12-,15+/m1/s1. The first-order chi connectivity index (χ1) is 11.1. The highest BCUT2D eigenvalue weighted by Crippen LogP contribution is 2.32. The van der Waals surface area contributed by atoms with Crippen LogP contribution < -0.4 is 11.1 Å². The lowest BCUT2D eigenvalue weighted by Gasteiger charge is -2.29. The van der Waals surface area contributed by atoms with Crippen molar-refractivity contribution in [3.8, 4) is 0 Å². The van der Waals surface area contributed by atoms with Gasteiger partial charge in [0, 0.05) is 6.61 Å². The van der Waals surface area contributed by atoms with Crippen LogP contribution in [-0.4, -0.2) is 24.5 Å². The van der Waals surface area contributed by atoms with E-state index in [0.717, 1.165) is 25.0 Å². The van der Waals surface area contributed by atoms with Crippen LogP contribution in [0.5, 0.6) is 0 Å². The maximum atomic E-state index is 12.9. The first-order valence-corrected chi connectivity index (χ1v) is 7.53. The summed E-state index contributed by atoms with van der Waals surface area (Å²) >= 11 is 0. The normalized spacial score (nSPS) is 20.4. The number of carbonyl (C=O) groups is 2. The summed E-state index contributed by atoms with van der Waals surface area (Å²) in [4.78, 5) is 24.0. The molecule has 2 amide bonds. The molecule has 0 saturated carbocycles. The second-order valence-corrected chi connectivity index (χ2v) is 5.96. The van der Waals surface area contributed by atoms with Crippen LogP contribution in [-0.2, 0) is 26.0 Å². The molecule has 1 fully saturated rings. The van der Waals surface area contributed by atoms with E-state index in [-0.39, 0.29) is 18.1 Å². The molecule has 0 bridgehead atoms. The number of ether oxygens (including phenoxy) is 1. The monoisotopic (exact) mass is 344 g/mol. The Bertz CT molecular complexity index is 627. The lowest BCUT2D eigenvalue weighted by molar-refractivity contribution is -0.138. The Hall–Kier alpha value is -2.09. The Morgan fingerprint density at radius 1 is 1.33 bits per heavy atom. The number of alkyl halides is 3. The van der Waals surface area contributed by atoms with Gasteiger partial charge in [-0.15, -0.1) is 0 Å². The van der Waals surface area contributed by atoms with E-state index in [9.17, 15) is 22.8 Å². The van der Waals surface area contributed by atoms with Crippen LogP contribution in [0.3, 0.4) is 0 Å². The van der Waals surface area contributed by atoms with Gasteiger partial charge in [-0.05, 0) is 37.5 Å². The minimum absolute atomic E-state index is 0.0227. The van der Waals surface area contributed by atoms with Crippen molar-refractivity contribution in [3.63, 3.8) is 0 Å². The third-order valence-electron chi connectivity index (χ3n) is 4.09. The van der Waals surface area contributed by atoms with Crippen molar-refractivity contribution in [2.24, 2.45) is 5.73 Å². The van der Waals surface area contributed by atoms with Crippen molar-refractivity contribution < 1.29 is 27.5 Å². The lowest BCUT2D eigenvalue weighted by atomic mass is 9.89. The highest BCUT2D eigenvalue weighted by atomic mass is 19.4. The van der Waals surface area contributed by atoms with E-state index >= 15 is 0 Å². The van der Waals surface area contributed by atoms with Gasteiger partial charge in [0.15, 0.2) is 0 Å². The van der Waals surface area contributed by atoms with E-state index in [0.29, 0.717) is 6.61 Å². The van der Waals surface area contributed by atoms with Crippen molar-refractivity contribution in [2.45, 2.75) is 44.0 Å². The predicted molar refractivity (Wildman–Crippen MR) is 79.7 cm³/mol. The number of benzene rings is 1. The Labute approximate surface area is 137 Å². The zero-order valence-corrected chi connectivity index (χ0v) is 13.2. The van der Waals surface area contributed by atoms with Crippen LogP contribution in [0.4, 0.5) is 13.2 Å². The smallest absolute Gasteiger partial charge is 0.378 e. The molecule has 2 rings (SSSR count). The summed E-state index contributed by atoms with van der Waals surface area (Å²) in [7, 11) is 0. The molecule has 0 aromatic heterocycles. The number of primary amides is 1. The summed E-state index contributed by atoms with van der Waals surface area (Å²) in [6.45, 7) is 1.86. The van der Waals surface area contributed by atoms with Crippen LogP contribution in [0.1, 0.15) is 37.3 Å². The molecule has 2 atom stereocenters. The molecule has 24 heavy (non-hydrogen) atoms. The van der Waals surface area contributed by atoms with Crippen molar-refractivity contribution >= 4 is 11.8 Å². The minimum Gasteiger partial charge on any atom is -0.378 e. The van der Waals surface area contributed by atoms with Crippen molar-refractivity contribution in [1.29, 1.82) is 0 Å². The molecular weight excluding hydrogens is 325 g/mol. The molecule has 0 unspecified atom stereocenters. The predicted octanol–water partition coefficient (Wildman–Crippen LogP) is 2.09. The first-order valence-electron chi connectivity index (χ1n) is 7.53. The number of halogens is 3. The summed E-state index contributed by atoms with van der Waals surface area (Å²) in [5.74, 6) is -1.44. The summed E-state index contributed by atoms with van der Waals surface area (Å²) in [6, 6.07) is 4.20. The Morgan fingerprint density at radius 2 is 2.00 bits per heavy atom. The quantitative estimate of drug-likeness (QED) is 0.858. The summed E-state index contributed by atoms with van der Waals surface area (Å²) in [6.07, 6.45) is -3.20. The summed E-state index contributed by atoms with van der Waals surface area (Å²) in [5, 5.41) is 2.45. The Kier molecular flexibility index (Phi) is 5.17. The Balaban J connectivity index is 2.23. The molecule has 1 aromatic rings. The minimum atomic E-state index is -4.56. The van der Waals surface area contributed by atoms with Gasteiger partial charge < -0.3 is 15.8 Å². The number of nitrogens with one attached hydrogen (secondary N) is 1. The average Bonchev–Trinajstić information content (AvgIpc) is 2.98. The molecule has 3 N–H and O–H groups in total. The highest BCUT2D eigenvalue weighted by molar-refractivity contribution is 5.91. The van der Waals surface area contributed by atoms with Gasteiger partial charge >= 0.3 is 6.18 Å². The number of hydrogen-bond acceptors (Lipinski definition) is 3. The molecular formula is C16H19F3N2O3. The average molecular weight is 344 g/mol. The van der Waals surface area contributed by atoms with Crippen LogP contribution in [0.15, 0.2) is 24.3 Å². The number of nitrogens with two attached hydrogens (primary N) is 1. The number of amides is 2. The van der Waals surface area contributed by atoms with Gasteiger partial charge in [-0.1, -0.05) is 12.1 Å². The van der Waals surface area contributed by atoms with Crippen LogP contribution in [0.25, 0.3) is 0 Å². The number of hydrogen-bond donors (Lipinski definition) is 2. The molecule has 1 heterocycles. The maximum Gasteiger partial charge on any atom is 0.416 e. The van der Waals surface area contributed by atoms with E-state index < -0.39 is 29.1 Å². The summed E-state index contributed by atoms with van der Waals surface area (Å²) in [5.41, 5.74) is 2.67. The molecule has 0 radical (unpaired) electrons. The fourth-order valence-electron chi connectivity index (χ4n) is 2.62. The van der Waals surface area contributed by atoms with E-state index in [1.807, 2.05) is 0 Å². The van der Waals surface area contributed by atoms with Crippen molar-refractivity contribution in [1.82, 2.24) is 5.32 Å². The van der Waals surface area contributed by atoms with Gasteiger partial charge in [-0.25, -0.2) is 0 Å². The number of carbonyl (C=O) groups excluding carboxylic acids is 2. The second kappa shape index (κ2) is 6.80. The number of rotatable bonds is 5. The molecule has 0 spiro atoms. The zero-order valence-electron chi connectivity index (χ0n) is 13.2. The fourth-order valence-corrected chi connectivity index (χ4v) is 2.62. The van der Waals surface area contributed by atoms with Gasteiger partial charge in [-0.2, -0.15) is 13.2 Å². The van der Waals surface area contributed by atoms with E-state index in [1.165, 1.54) is 19.1 Å². The van der Waals surface area contributed by atoms with E-state index in [1.54, 1.807) is 0 Å². The maximum absolute atomic E-state index is 12.9. The lowest BCUT2D eigenvalue weighted by Crippen LogP contribution is -2.53. The molecule has 5 nitrogen and oxygen atoms in total. The molecule has 1 saturated heterocycles. The van der Waals surface area contributed by atoms with Crippen LogP contribution in [0.2, 0.25) is 0 Å². The second-order valence-electron chi connectivity index (χ2n) is 5.96. The largest absolute Gasteiger partial charge is 0.416 e. The third kappa shape index (κ3) is 4.05. The topological polar surface area (TPSA) is 81.4 Å². The van der Waals surface area contributed by atoms with Crippen LogP contribution in [0, 0.1) is 0 Å². The van der Waals surface area contributed by atoms with Crippen LogP contribution >= 0.6 is 0 Å². The van der Waals surface area contributed by atoms with E-state index in [2.05, 4.69) is 5.32 Å². The first kappa shape index (κ1) is 18.3. The zero-order chi connectivity index (χ0) is 18.0. The van der Waals surface area contributed by atoms with Gasteiger partial charge in [0.2, 0.25) is 11.8 Å². The van der Waals surface area contributed by atoms with Gasteiger partial charge in [0.1, 0.15) is 5.54 Å². The molecule has 132 valence electrons. The third-order valence-corrected chi connectivity index (χ3v) is 4.09. The molecule has 1 aliphatic rings. The van der Waals surface area contributed by atoms with E-state index in [4.69, 9.17) is 10.5 Å². The Morgan fingerprint density at radius 3 is 2.54 bits per heavy atom. The molecule has 1 aliphatic heterocycles. The molecule has 1 aromatic carbocycles. The van der Waals surface area contributed by atoms with Gasteiger partial charge in [0.05, 0.1) is 18.1 Å². The highest BCUT2D eigenvalue weighted by Gasteiger charge is 2.38. The van der Waals surface area contributed by atoms with Crippen molar-refractivity contribution in [2.75, 3.05) is 6.61 Å². The molecule has 0 aliphatic carbocycles. The van der Waals surface area contributed by atoms with Gasteiger partial charge in [-0.3, -0.25) is 9.59 Å². The summed E-state index contributed by atoms with van der Waals surface area (Å²) < 4.78 is 44.0. The fraction of sp³-hybridized carbons (Fsp3) is 0.500.